The van der Waals surface area contributed by atoms with E-state index in [1.165, 1.54) is 0 Å². The maximum atomic E-state index is 12.7. The first-order valence-corrected chi connectivity index (χ1v) is 8.92. The van der Waals surface area contributed by atoms with Crippen molar-refractivity contribution in [1.82, 2.24) is 24.9 Å². The van der Waals surface area contributed by atoms with E-state index in [1.807, 2.05) is 62.0 Å². The second kappa shape index (κ2) is 7.23. The summed E-state index contributed by atoms with van der Waals surface area (Å²) in [5.74, 6) is -0.143. The lowest BCUT2D eigenvalue weighted by Gasteiger charge is -2.06. The molecular formula is C18H20BrN5O. The van der Waals surface area contributed by atoms with Gasteiger partial charge in [0.15, 0.2) is 0 Å². The van der Waals surface area contributed by atoms with Crippen molar-refractivity contribution in [3.05, 3.63) is 63.6 Å². The van der Waals surface area contributed by atoms with E-state index in [9.17, 15) is 4.79 Å². The highest BCUT2D eigenvalue weighted by molar-refractivity contribution is 9.10. The van der Waals surface area contributed by atoms with Crippen LogP contribution in [0.15, 0.2) is 41.0 Å². The first-order chi connectivity index (χ1) is 12.0. The molecule has 0 saturated carbocycles. The van der Waals surface area contributed by atoms with E-state index in [4.69, 9.17) is 0 Å². The molecule has 0 atom stereocenters. The number of rotatable bonds is 5. The van der Waals surface area contributed by atoms with Gasteiger partial charge in [0, 0.05) is 12.7 Å². The van der Waals surface area contributed by atoms with Crippen molar-refractivity contribution in [1.29, 1.82) is 0 Å². The third kappa shape index (κ3) is 3.51. The molecule has 130 valence electrons. The average molecular weight is 402 g/mol. The maximum absolute atomic E-state index is 12.7. The third-order valence-corrected chi connectivity index (χ3v) is 4.71. The van der Waals surface area contributed by atoms with Gasteiger partial charge < -0.3 is 5.32 Å². The van der Waals surface area contributed by atoms with E-state index in [0.717, 1.165) is 28.1 Å². The molecule has 25 heavy (non-hydrogen) atoms. The fourth-order valence-electron chi connectivity index (χ4n) is 2.76. The summed E-state index contributed by atoms with van der Waals surface area (Å²) in [7, 11) is 0. The van der Waals surface area contributed by atoms with Crippen LogP contribution in [-0.2, 0) is 13.1 Å². The number of amides is 1. The van der Waals surface area contributed by atoms with Crippen LogP contribution in [0.3, 0.4) is 0 Å². The number of para-hydroxylation sites is 1. The molecule has 0 saturated heterocycles. The van der Waals surface area contributed by atoms with Crippen molar-refractivity contribution in [2.75, 3.05) is 0 Å². The lowest BCUT2D eigenvalue weighted by Crippen LogP contribution is -2.24. The molecule has 1 N–H and O–H groups in total. The topological polar surface area (TPSA) is 64.7 Å². The Morgan fingerprint density at radius 3 is 2.56 bits per heavy atom. The highest BCUT2D eigenvalue weighted by Crippen LogP contribution is 2.19. The number of aryl methyl sites for hydroxylation is 2. The molecule has 0 aliphatic rings. The zero-order valence-corrected chi connectivity index (χ0v) is 16.0. The van der Waals surface area contributed by atoms with Gasteiger partial charge in [-0.2, -0.15) is 10.2 Å². The number of nitrogens with zero attached hydrogens (tertiary/aromatic N) is 4. The molecule has 0 aliphatic carbocycles. The van der Waals surface area contributed by atoms with Gasteiger partial charge in [-0.3, -0.25) is 9.48 Å². The predicted octanol–water partition coefficient (Wildman–Crippen LogP) is 3.40. The van der Waals surface area contributed by atoms with Crippen molar-refractivity contribution in [2.45, 2.75) is 33.9 Å². The van der Waals surface area contributed by atoms with Crippen LogP contribution in [0.25, 0.3) is 5.69 Å². The van der Waals surface area contributed by atoms with E-state index in [-0.39, 0.29) is 5.91 Å². The minimum absolute atomic E-state index is 0.143. The Morgan fingerprint density at radius 1 is 1.20 bits per heavy atom. The van der Waals surface area contributed by atoms with Crippen LogP contribution in [0.4, 0.5) is 0 Å². The number of carbonyl (C=O) groups is 1. The molecule has 0 spiro atoms. The molecule has 0 fully saturated rings. The summed E-state index contributed by atoms with van der Waals surface area (Å²) in [4.78, 5) is 12.7. The molecule has 7 heteroatoms. The summed E-state index contributed by atoms with van der Waals surface area (Å²) in [6.07, 6.45) is 1.91. The van der Waals surface area contributed by atoms with Gasteiger partial charge in [0.1, 0.15) is 0 Å². The van der Waals surface area contributed by atoms with Crippen LogP contribution in [-0.4, -0.2) is 25.5 Å². The van der Waals surface area contributed by atoms with E-state index < -0.39 is 0 Å². The van der Waals surface area contributed by atoms with E-state index >= 15 is 0 Å². The van der Waals surface area contributed by atoms with E-state index in [2.05, 4.69) is 31.4 Å². The number of benzene rings is 1. The molecule has 2 aromatic heterocycles. The summed E-state index contributed by atoms with van der Waals surface area (Å²) >= 11 is 3.48. The Balaban J connectivity index is 1.80. The lowest BCUT2D eigenvalue weighted by atomic mass is 10.2. The van der Waals surface area contributed by atoms with Gasteiger partial charge in [0.2, 0.25) is 0 Å². The van der Waals surface area contributed by atoms with Gasteiger partial charge in [-0.1, -0.05) is 18.2 Å². The van der Waals surface area contributed by atoms with Crippen LogP contribution in [0.1, 0.15) is 34.4 Å². The number of halogens is 1. The molecule has 0 bridgehead atoms. The van der Waals surface area contributed by atoms with Crippen LogP contribution in [0.5, 0.6) is 0 Å². The van der Waals surface area contributed by atoms with Crippen LogP contribution >= 0.6 is 15.9 Å². The van der Waals surface area contributed by atoms with Crippen molar-refractivity contribution in [2.24, 2.45) is 0 Å². The lowest BCUT2D eigenvalue weighted by molar-refractivity contribution is 0.0949. The molecule has 1 amide bonds. The van der Waals surface area contributed by atoms with Gasteiger partial charge in [-0.25, -0.2) is 4.68 Å². The zero-order chi connectivity index (χ0) is 18.0. The molecule has 2 heterocycles. The van der Waals surface area contributed by atoms with Crippen LogP contribution in [0.2, 0.25) is 0 Å². The Labute approximate surface area is 155 Å². The van der Waals surface area contributed by atoms with Crippen molar-refractivity contribution >= 4 is 21.8 Å². The Bertz CT molecular complexity index is 898. The van der Waals surface area contributed by atoms with E-state index in [0.29, 0.717) is 17.8 Å². The highest BCUT2D eigenvalue weighted by Gasteiger charge is 2.19. The minimum atomic E-state index is -0.143. The molecule has 3 rings (SSSR count). The van der Waals surface area contributed by atoms with Crippen LogP contribution < -0.4 is 5.32 Å². The first kappa shape index (κ1) is 17.4. The van der Waals surface area contributed by atoms with Crippen molar-refractivity contribution < 1.29 is 4.79 Å². The number of hydrogen-bond donors (Lipinski definition) is 1. The summed E-state index contributed by atoms with van der Waals surface area (Å²) in [6.45, 7) is 6.93. The molecule has 0 aliphatic heterocycles. The van der Waals surface area contributed by atoms with Gasteiger partial charge in [-0.05, 0) is 48.8 Å². The average Bonchev–Trinajstić information content (AvgIpc) is 3.12. The maximum Gasteiger partial charge on any atom is 0.255 e. The summed E-state index contributed by atoms with van der Waals surface area (Å²) < 4.78 is 4.52. The summed E-state index contributed by atoms with van der Waals surface area (Å²) in [5, 5.41) is 11.9. The second-order valence-electron chi connectivity index (χ2n) is 5.76. The Hall–Kier alpha value is -2.41. The van der Waals surface area contributed by atoms with Crippen molar-refractivity contribution in [3.63, 3.8) is 0 Å². The third-order valence-electron chi connectivity index (χ3n) is 4.05. The quantitative estimate of drug-likeness (QED) is 0.712. The number of aromatic nitrogens is 4. The minimum Gasteiger partial charge on any atom is -0.346 e. The molecular weight excluding hydrogens is 382 g/mol. The monoisotopic (exact) mass is 401 g/mol. The standard InChI is InChI=1S/C18H20BrN5O/c1-4-23-11-15(19)16(22-23)10-20-18(25)17-12(2)21-24(13(17)3)14-8-6-5-7-9-14/h5-9,11H,4,10H2,1-3H3,(H,20,25). The largest absolute Gasteiger partial charge is 0.346 e. The first-order valence-electron chi connectivity index (χ1n) is 8.13. The Kier molecular flexibility index (Phi) is 5.03. The normalized spacial score (nSPS) is 10.9. The zero-order valence-electron chi connectivity index (χ0n) is 14.5. The number of carbonyl (C=O) groups excluding carboxylic acids is 1. The van der Waals surface area contributed by atoms with Gasteiger partial charge in [0.05, 0.1) is 39.4 Å². The molecule has 0 unspecified atom stereocenters. The highest BCUT2D eigenvalue weighted by atomic mass is 79.9. The molecule has 1 aromatic carbocycles. The van der Waals surface area contributed by atoms with E-state index in [1.54, 1.807) is 4.68 Å². The predicted molar refractivity (Wildman–Crippen MR) is 99.8 cm³/mol. The second-order valence-corrected chi connectivity index (χ2v) is 6.61. The van der Waals surface area contributed by atoms with Gasteiger partial charge in [0.25, 0.3) is 5.91 Å². The summed E-state index contributed by atoms with van der Waals surface area (Å²) in [6, 6.07) is 9.79. The fraction of sp³-hybridized carbons (Fsp3) is 0.278. The van der Waals surface area contributed by atoms with Crippen LogP contribution in [0, 0.1) is 13.8 Å². The fourth-order valence-corrected chi connectivity index (χ4v) is 3.22. The number of nitrogens with one attached hydrogen (secondary N) is 1. The van der Waals surface area contributed by atoms with Gasteiger partial charge >= 0.3 is 0 Å². The molecule has 6 nitrogen and oxygen atoms in total. The summed E-state index contributed by atoms with van der Waals surface area (Å²) in [5.41, 5.74) is 3.87. The smallest absolute Gasteiger partial charge is 0.255 e. The molecule has 3 aromatic rings. The number of hydrogen-bond acceptors (Lipinski definition) is 3. The van der Waals surface area contributed by atoms with Crippen molar-refractivity contribution in [3.8, 4) is 5.69 Å². The Morgan fingerprint density at radius 2 is 1.92 bits per heavy atom. The SMILES string of the molecule is CCn1cc(Br)c(CNC(=O)c2c(C)nn(-c3ccccc3)c2C)n1. The molecule has 0 radical (unpaired) electrons. The van der Waals surface area contributed by atoms with Gasteiger partial charge in [-0.15, -0.1) is 0 Å².